The molecule has 0 amide bonds. The molecule has 0 radical (unpaired) electrons. The van der Waals surface area contributed by atoms with E-state index in [-0.39, 0.29) is 6.07 Å². The van der Waals surface area contributed by atoms with E-state index in [0.717, 1.165) is 6.07 Å². The van der Waals surface area contributed by atoms with E-state index in [9.17, 15) is 27.1 Å². The zero-order valence-electron chi connectivity index (χ0n) is 15.5. The number of hydrazone groups is 1. The number of hydrogen-bond acceptors (Lipinski definition) is 6. The highest BCUT2D eigenvalue weighted by atomic mass is 19.4. The fourth-order valence-electron chi connectivity index (χ4n) is 2.60. The average Bonchev–Trinajstić information content (AvgIpc) is 2.66. The largest absolute Gasteiger partial charge is 0.483 e. The second-order valence-corrected chi connectivity index (χ2v) is 6.28. The molecule has 2 aromatic rings. The molecular weight excluding hydrogens is 439 g/mol. The standard InChI is InChI=1S/C17H16F7N5O2/c18-10-1-3-12(13(19)5-10)15(30,7-29(26)9-28-25)17(23,24)14-4-2-11(6-27-14)31-8-16(20,21)22/h1-6,9,30H,7-8,25-26H2/b28-9-. The van der Waals surface area contributed by atoms with Crippen molar-refractivity contribution in [2.75, 3.05) is 13.2 Å². The predicted octanol–water partition coefficient (Wildman–Crippen LogP) is 2.36. The Morgan fingerprint density at radius 1 is 1.13 bits per heavy atom. The van der Waals surface area contributed by atoms with Gasteiger partial charge in [-0.1, -0.05) is 0 Å². The third kappa shape index (κ3) is 5.52. The monoisotopic (exact) mass is 455 g/mol. The molecule has 0 aliphatic heterocycles. The van der Waals surface area contributed by atoms with Gasteiger partial charge in [-0.15, -0.1) is 0 Å². The number of pyridine rings is 1. The van der Waals surface area contributed by atoms with Crippen LogP contribution in [0.1, 0.15) is 11.3 Å². The molecule has 1 atom stereocenters. The molecule has 0 saturated carbocycles. The van der Waals surface area contributed by atoms with Gasteiger partial charge in [-0.3, -0.25) is 9.99 Å². The van der Waals surface area contributed by atoms with Gasteiger partial charge in [0.25, 0.3) is 0 Å². The average molecular weight is 455 g/mol. The maximum absolute atomic E-state index is 15.3. The highest BCUT2D eigenvalue weighted by Gasteiger charge is 2.58. The minimum atomic E-state index is -4.67. The molecule has 0 saturated heterocycles. The zero-order chi connectivity index (χ0) is 23.4. The van der Waals surface area contributed by atoms with Crippen molar-refractivity contribution >= 4 is 6.34 Å². The van der Waals surface area contributed by atoms with Gasteiger partial charge >= 0.3 is 12.1 Å². The molecule has 0 bridgehead atoms. The van der Waals surface area contributed by atoms with E-state index in [0.29, 0.717) is 35.7 Å². The SMILES string of the molecule is N/N=C\N(N)CC(O)(c1ccc(F)cc1F)C(F)(F)c1ccc(OCC(F)(F)F)cn1. The Hall–Kier alpha value is -3.13. The molecule has 2 rings (SSSR count). The van der Waals surface area contributed by atoms with Crippen LogP contribution in [0.5, 0.6) is 5.75 Å². The second-order valence-electron chi connectivity index (χ2n) is 6.28. The molecule has 5 N–H and O–H groups in total. The number of alkyl halides is 5. The normalized spacial score (nSPS) is 14.5. The number of aliphatic hydroxyl groups is 1. The Bertz CT molecular complexity index is 924. The van der Waals surface area contributed by atoms with E-state index in [1.54, 1.807) is 0 Å². The van der Waals surface area contributed by atoms with Gasteiger partial charge in [0.15, 0.2) is 12.2 Å². The maximum atomic E-state index is 15.3. The summed E-state index contributed by atoms with van der Waals surface area (Å²) in [6.45, 7) is -2.87. The van der Waals surface area contributed by atoms with Gasteiger partial charge in [0.2, 0.25) is 0 Å². The van der Waals surface area contributed by atoms with Crippen LogP contribution in [0.15, 0.2) is 41.6 Å². The molecule has 0 aliphatic carbocycles. The summed E-state index contributed by atoms with van der Waals surface area (Å²) in [6, 6.07) is 2.84. The van der Waals surface area contributed by atoms with E-state index in [1.807, 2.05) is 0 Å². The van der Waals surface area contributed by atoms with Gasteiger partial charge in [0, 0.05) is 11.6 Å². The predicted molar refractivity (Wildman–Crippen MR) is 93.5 cm³/mol. The van der Waals surface area contributed by atoms with Gasteiger partial charge in [0.1, 0.15) is 29.4 Å². The Balaban J connectivity index is 2.48. The molecule has 1 aromatic heterocycles. The number of halogens is 7. The summed E-state index contributed by atoms with van der Waals surface area (Å²) in [5.41, 5.74) is -5.61. The molecule has 170 valence electrons. The van der Waals surface area contributed by atoms with Crippen LogP contribution < -0.4 is 16.4 Å². The summed E-state index contributed by atoms with van der Waals surface area (Å²) in [5.74, 6) is 2.85. The summed E-state index contributed by atoms with van der Waals surface area (Å²) >= 11 is 0. The Morgan fingerprint density at radius 2 is 1.81 bits per heavy atom. The Labute approximate surface area is 170 Å². The van der Waals surface area contributed by atoms with E-state index in [2.05, 4.69) is 14.8 Å². The van der Waals surface area contributed by atoms with Crippen LogP contribution in [0.4, 0.5) is 30.7 Å². The third-order valence-corrected chi connectivity index (χ3v) is 3.98. The summed E-state index contributed by atoms with van der Waals surface area (Å²) in [5, 5.41) is 14.3. The van der Waals surface area contributed by atoms with E-state index < -0.39 is 59.5 Å². The second kappa shape index (κ2) is 8.93. The van der Waals surface area contributed by atoms with Crippen LogP contribution in [-0.4, -0.2) is 40.8 Å². The third-order valence-electron chi connectivity index (χ3n) is 3.98. The van der Waals surface area contributed by atoms with Crippen molar-refractivity contribution in [3.8, 4) is 5.75 Å². The van der Waals surface area contributed by atoms with Gasteiger partial charge in [-0.05, 0) is 24.3 Å². The number of nitrogens with two attached hydrogens (primary N) is 2. The lowest BCUT2D eigenvalue weighted by atomic mass is 9.84. The van der Waals surface area contributed by atoms with Crippen LogP contribution in [0.3, 0.4) is 0 Å². The van der Waals surface area contributed by atoms with Crippen LogP contribution >= 0.6 is 0 Å². The van der Waals surface area contributed by atoms with Crippen LogP contribution in [0, 0.1) is 11.6 Å². The number of hydrazine groups is 1. The summed E-state index contributed by atoms with van der Waals surface area (Å²) < 4.78 is 99.2. The van der Waals surface area contributed by atoms with Crippen LogP contribution in [-0.2, 0) is 11.5 Å². The van der Waals surface area contributed by atoms with E-state index in [4.69, 9.17) is 11.7 Å². The molecule has 1 aromatic carbocycles. The Morgan fingerprint density at radius 3 is 2.32 bits per heavy atom. The van der Waals surface area contributed by atoms with E-state index >= 15 is 8.78 Å². The lowest BCUT2D eigenvalue weighted by Gasteiger charge is -2.37. The fraction of sp³-hybridized carbons (Fsp3) is 0.294. The minimum absolute atomic E-state index is 0.274. The summed E-state index contributed by atoms with van der Waals surface area (Å²) in [6.07, 6.45) is -3.44. The molecule has 0 aliphatic rings. The smallest absolute Gasteiger partial charge is 0.422 e. The van der Waals surface area contributed by atoms with Crippen molar-refractivity contribution in [1.29, 1.82) is 0 Å². The summed E-state index contributed by atoms with van der Waals surface area (Å²) in [7, 11) is 0. The lowest BCUT2D eigenvalue weighted by Crippen LogP contribution is -2.53. The van der Waals surface area contributed by atoms with E-state index in [1.165, 1.54) is 0 Å². The first kappa shape index (κ1) is 24.1. The minimum Gasteiger partial charge on any atom is -0.483 e. The number of benzene rings is 1. The number of nitrogens with zero attached hydrogens (tertiary/aromatic N) is 3. The lowest BCUT2D eigenvalue weighted by molar-refractivity contribution is -0.203. The summed E-state index contributed by atoms with van der Waals surface area (Å²) in [4.78, 5) is 3.33. The van der Waals surface area contributed by atoms with Gasteiger partial charge < -0.3 is 15.7 Å². The first-order valence-corrected chi connectivity index (χ1v) is 8.26. The van der Waals surface area contributed by atoms with Crippen LogP contribution in [0.2, 0.25) is 0 Å². The molecule has 31 heavy (non-hydrogen) atoms. The van der Waals surface area contributed by atoms with Crippen molar-refractivity contribution < 1.29 is 40.6 Å². The molecular formula is C17H16F7N5O2. The van der Waals surface area contributed by atoms with Gasteiger partial charge in [0.05, 0.1) is 12.7 Å². The first-order chi connectivity index (χ1) is 14.3. The topological polar surface area (TPSA) is 110 Å². The van der Waals surface area contributed by atoms with Gasteiger partial charge in [-0.2, -0.15) is 27.1 Å². The first-order valence-electron chi connectivity index (χ1n) is 8.26. The van der Waals surface area contributed by atoms with Crippen molar-refractivity contribution in [1.82, 2.24) is 9.99 Å². The molecule has 7 nitrogen and oxygen atoms in total. The highest BCUT2D eigenvalue weighted by molar-refractivity contribution is 5.53. The van der Waals surface area contributed by atoms with Gasteiger partial charge in [-0.25, -0.2) is 14.6 Å². The highest BCUT2D eigenvalue weighted by Crippen LogP contribution is 2.46. The fourth-order valence-corrected chi connectivity index (χ4v) is 2.60. The van der Waals surface area contributed by atoms with Crippen LogP contribution in [0.25, 0.3) is 0 Å². The molecule has 0 fully saturated rings. The van der Waals surface area contributed by atoms with Crippen molar-refractivity contribution in [3.63, 3.8) is 0 Å². The zero-order valence-corrected chi connectivity index (χ0v) is 15.5. The Kier molecular flexibility index (Phi) is 6.96. The molecule has 1 unspecified atom stereocenters. The maximum Gasteiger partial charge on any atom is 0.422 e. The molecule has 0 spiro atoms. The quantitative estimate of drug-likeness (QED) is 0.185. The van der Waals surface area contributed by atoms with Crippen molar-refractivity contribution in [2.45, 2.75) is 17.7 Å². The number of hydrogen-bond donors (Lipinski definition) is 3. The number of ether oxygens (including phenoxy) is 1. The molecule has 1 heterocycles. The number of rotatable bonds is 8. The number of aromatic nitrogens is 1. The molecule has 14 heteroatoms. The van der Waals surface area contributed by atoms with Crippen molar-refractivity contribution in [3.05, 3.63) is 59.4 Å². The van der Waals surface area contributed by atoms with Crippen molar-refractivity contribution in [2.24, 2.45) is 16.8 Å².